The van der Waals surface area contributed by atoms with Crippen molar-refractivity contribution in [3.05, 3.63) is 35.9 Å². The highest BCUT2D eigenvalue weighted by atomic mass is 16.5. The summed E-state index contributed by atoms with van der Waals surface area (Å²) in [6.07, 6.45) is 0.801. The van der Waals surface area contributed by atoms with Crippen molar-refractivity contribution in [2.45, 2.75) is 39.5 Å². The maximum atomic E-state index is 12.2. The van der Waals surface area contributed by atoms with E-state index in [0.717, 1.165) is 12.0 Å². The summed E-state index contributed by atoms with van der Waals surface area (Å²) in [4.78, 5) is 12.2. The molecule has 17 heavy (non-hydrogen) atoms. The molecule has 0 spiro atoms. The summed E-state index contributed by atoms with van der Waals surface area (Å²) in [6.45, 7) is 8.50. The fourth-order valence-electron chi connectivity index (χ4n) is 2.23. The summed E-state index contributed by atoms with van der Waals surface area (Å²) < 4.78 is 5.22. The van der Waals surface area contributed by atoms with E-state index in [1.807, 2.05) is 44.2 Å². The first-order valence-corrected chi connectivity index (χ1v) is 6.23. The Balaban J connectivity index is 3.06. The number of rotatable bonds is 5. The Bertz CT molecular complexity index is 356. The number of carbonyl (C=O) groups is 1. The number of hydrogen-bond acceptors (Lipinski definition) is 2. The van der Waals surface area contributed by atoms with Crippen LogP contribution in [0.1, 0.15) is 39.7 Å². The van der Waals surface area contributed by atoms with Crippen LogP contribution < -0.4 is 0 Å². The Morgan fingerprint density at radius 1 is 1.29 bits per heavy atom. The molecule has 1 aromatic rings. The van der Waals surface area contributed by atoms with Crippen molar-refractivity contribution < 1.29 is 9.53 Å². The van der Waals surface area contributed by atoms with Crippen molar-refractivity contribution >= 4 is 5.97 Å². The number of carbonyl (C=O) groups excluding carboxylic acids is 1. The van der Waals surface area contributed by atoms with E-state index in [0.29, 0.717) is 12.5 Å². The number of esters is 1. The second-order valence-corrected chi connectivity index (χ2v) is 5.02. The van der Waals surface area contributed by atoms with Crippen LogP contribution in [0.2, 0.25) is 0 Å². The van der Waals surface area contributed by atoms with E-state index in [1.54, 1.807) is 0 Å². The molecule has 94 valence electrons. The monoisotopic (exact) mass is 234 g/mol. The van der Waals surface area contributed by atoms with E-state index in [4.69, 9.17) is 4.74 Å². The fourth-order valence-corrected chi connectivity index (χ4v) is 2.23. The van der Waals surface area contributed by atoms with Gasteiger partial charge in [-0.2, -0.15) is 0 Å². The average Bonchev–Trinajstić information content (AvgIpc) is 2.29. The van der Waals surface area contributed by atoms with E-state index < -0.39 is 5.41 Å². The van der Waals surface area contributed by atoms with Gasteiger partial charge in [0.2, 0.25) is 0 Å². The van der Waals surface area contributed by atoms with Crippen LogP contribution in [0.25, 0.3) is 0 Å². The van der Waals surface area contributed by atoms with Crippen LogP contribution in [0.5, 0.6) is 0 Å². The van der Waals surface area contributed by atoms with Crippen molar-refractivity contribution in [1.82, 2.24) is 0 Å². The van der Waals surface area contributed by atoms with Gasteiger partial charge < -0.3 is 4.74 Å². The third-order valence-corrected chi connectivity index (χ3v) is 2.95. The largest absolute Gasteiger partial charge is 0.465 e. The molecule has 0 saturated heterocycles. The second-order valence-electron chi connectivity index (χ2n) is 5.02. The lowest BCUT2D eigenvalue weighted by molar-refractivity contribution is -0.150. The molecule has 0 radical (unpaired) electrons. The molecule has 0 aromatic heterocycles. The van der Waals surface area contributed by atoms with Gasteiger partial charge in [0, 0.05) is 0 Å². The first kappa shape index (κ1) is 13.8. The van der Waals surface area contributed by atoms with Gasteiger partial charge >= 0.3 is 5.97 Å². The van der Waals surface area contributed by atoms with Crippen LogP contribution >= 0.6 is 0 Å². The minimum atomic E-state index is -0.536. The predicted molar refractivity (Wildman–Crippen MR) is 69.9 cm³/mol. The highest BCUT2D eigenvalue weighted by Crippen LogP contribution is 2.32. The highest BCUT2D eigenvalue weighted by Gasteiger charge is 2.37. The number of hydrogen-bond donors (Lipinski definition) is 0. The highest BCUT2D eigenvalue weighted by molar-refractivity contribution is 5.82. The standard InChI is InChI=1S/C15H22O2/c1-5-17-14(16)15(4,11-12(2)3)13-9-7-6-8-10-13/h6-10,12H,5,11H2,1-4H3. The molecule has 0 aliphatic rings. The van der Waals surface area contributed by atoms with Gasteiger partial charge in [-0.3, -0.25) is 4.79 Å². The summed E-state index contributed by atoms with van der Waals surface area (Å²) in [5.74, 6) is 0.324. The van der Waals surface area contributed by atoms with Crippen molar-refractivity contribution in [2.24, 2.45) is 5.92 Å². The van der Waals surface area contributed by atoms with Gasteiger partial charge in [0.15, 0.2) is 0 Å². The maximum Gasteiger partial charge on any atom is 0.316 e. The van der Waals surface area contributed by atoms with Gasteiger partial charge in [-0.25, -0.2) is 0 Å². The Labute approximate surface area is 104 Å². The SMILES string of the molecule is CCOC(=O)C(C)(CC(C)C)c1ccccc1. The molecule has 0 aliphatic carbocycles. The van der Waals surface area contributed by atoms with E-state index >= 15 is 0 Å². The van der Waals surface area contributed by atoms with E-state index in [9.17, 15) is 4.79 Å². The summed E-state index contributed by atoms with van der Waals surface area (Å²) >= 11 is 0. The number of benzene rings is 1. The molecule has 0 N–H and O–H groups in total. The summed E-state index contributed by atoms with van der Waals surface area (Å²) in [6, 6.07) is 9.89. The lowest BCUT2D eigenvalue weighted by Gasteiger charge is -2.29. The van der Waals surface area contributed by atoms with Gasteiger partial charge in [-0.1, -0.05) is 44.2 Å². The normalized spacial score (nSPS) is 14.4. The summed E-state index contributed by atoms with van der Waals surface area (Å²) in [5.41, 5.74) is 0.498. The molecule has 1 aromatic carbocycles. The van der Waals surface area contributed by atoms with Crippen molar-refractivity contribution in [1.29, 1.82) is 0 Å². The van der Waals surface area contributed by atoms with Gasteiger partial charge in [-0.15, -0.1) is 0 Å². The van der Waals surface area contributed by atoms with Crippen LogP contribution in [0.15, 0.2) is 30.3 Å². The summed E-state index contributed by atoms with van der Waals surface area (Å²) in [7, 11) is 0. The van der Waals surface area contributed by atoms with E-state index in [1.165, 1.54) is 0 Å². The van der Waals surface area contributed by atoms with Crippen LogP contribution in [0.3, 0.4) is 0 Å². The van der Waals surface area contributed by atoms with Gasteiger partial charge in [0.1, 0.15) is 0 Å². The van der Waals surface area contributed by atoms with Gasteiger partial charge in [0.05, 0.1) is 12.0 Å². The van der Waals surface area contributed by atoms with Crippen LogP contribution in [-0.4, -0.2) is 12.6 Å². The fraction of sp³-hybridized carbons (Fsp3) is 0.533. The molecular formula is C15H22O2. The summed E-state index contributed by atoms with van der Waals surface area (Å²) in [5, 5.41) is 0. The van der Waals surface area contributed by atoms with Gasteiger partial charge in [-0.05, 0) is 31.7 Å². The molecule has 1 rings (SSSR count). The zero-order valence-corrected chi connectivity index (χ0v) is 11.2. The molecule has 0 saturated carbocycles. The number of ether oxygens (including phenoxy) is 1. The molecule has 2 heteroatoms. The molecule has 0 fully saturated rings. The third kappa shape index (κ3) is 3.32. The van der Waals surface area contributed by atoms with Crippen LogP contribution in [0.4, 0.5) is 0 Å². The first-order chi connectivity index (χ1) is 8.00. The molecule has 0 amide bonds. The Hall–Kier alpha value is -1.31. The molecule has 1 atom stereocenters. The molecule has 0 heterocycles. The van der Waals surface area contributed by atoms with Crippen LogP contribution in [-0.2, 0) is 14.9 Å². The quantitative estimate of drug-likeness (QED) is 0.728. The van der Waals surface area contributed by atoms with Crippen molar-refractivity contribution in [2.75, 3.05) is 6.61 Å². The molecule has 2 nitrogen and oxygen atoms in total. The lowest BCUT2D eigenvalue weighted by atomic mass is 9.76. The van der Waals surface area contributed by atoms with E-state index in [-0.39, 0.29) is 5.97 Å². The molecular weight excluding hydrogens is 212 g/mol. The second kappa shape index (κ2) is 5.85. The molecule has 0 aliphatic heterocycles. The molecule has 0 bridgehead atoms. The van der Waals surface area contributed by atoms with Crippen LogP contribution in [0, 0.1) is 5.92 Å². The Morgan fingerprint density at radius 3 is 2.35 bits per heavy atom. The molecule has 1 unspecified atom stereocenters. The van der Waals surface area contributed by atoms with Crippen molar-refractivity contribution in [3.63, 3.8) is 0 Å². The van der Waals surface area contributed by atoms with E-state index in [2.05, 4.69) is 13.8 Å². The Morgan fingerprint density at radius 2 is 1.88 bits per heavy atom. The smallest absolute Gasteiger partial charge is 0.316 e. The third-order valence-electron chi connectivity index (χ3n) is 2.95. The first-order valence-electron chi connectivity index (χ1n) is 6.23. The maximum absolute atomic E-state index is 12.2. The van der Waals surface area contributed by atoms with Crippen molar-refractivity contribution in [3.8, 4) is 0 Å². The zero-order valence-electron chi connectivity index (χ0n) is 11.2. The zero-order chi connectivity index (χ0) is 12.9. The minimum Gasteiger partial charge on any atom is -0.465 e. The van der Waals surface area contributed by atoms with Gasteiger partial charge in [0.25, 0.3) is 0 Å². The predicted octanol–water partition coefficient (Wildman–Crippen LogP) is 3.55. The topological polar surface area (TPSA) is 26.3 Å². The average molecular weight is 234 g/mol. The minimum absolute atomic E-state index is 0.125. The Kier molecular flexibility index (Phi) is 4.73. The lowest BCUT2D eigenvalue weighted by Crippen LogP contribution is -2.35.